The van der Waals surface area contributed by atoms with Gasteiger partial charge in [0.25, 0.3) is 5.91 Å². The van der Waals surface area contributed by atoms with E-state index in [0.717, 1.165) is 10.0 Å². The van der Waals surface area contributed by atoms with E-state index >= 15 is 0 Å². The summed E-state index contributed by atoms with van der Waals surface area (Å²) in [5.41, 5.74) is 0.671. The molecule has 0 saturated carbocycles. The Kier molecular flexibility index (Phi) is 6.26. The van der Waals surface area contributed by atoms with Crippen LogP contribution in [0.25, 0.3) is 0 Å². The second-order valence-corrected chi connectivity index (χ2v) is 7.30. The number of nitrogens with one attached hydrogen (secondary N) is 1. The van der Waals surface area contributed by atoms with Gasteiger partial charge in [-0.1, -0.05) is 76.6 Å². The number of benzene rings is 3. The highest BCUT2D eigenvalue weighted by Gasteiger charge is 2.43. The maximum absolute atomic E-state index is 13.0. The first-order valence-electron chi connectivity index (χ1n) is 8.81. The summed E-state index contributed by atoms with van der Waals surface area (Å²) in [4.78, 5) is 26.0. The standard InChI is InChI=1S/C23H20BrNO3/c1-28-22(27)23(16-17-8-4-2-5-9-17,19-12-14-20(24)15-13-19)25-21(26)18-10-6-3-7-11-18/h2-15H,16H2,1H3,(H,25,26). The van der Waals surface area contributed by atoms with Gasteiger partial charge < -0.3 is 10.1 Å². The van der Waals surface area contributed by atoms with Gasteiger partial charge >= 0.3 is 5.97 Å². The molecule has 0 heterocycles. The van der Waals surface area contributed by atoms with Crippen molar-refractivity contribution in [3.8, 4) is 0 Å². The fraction of sp³-hybridized carbons (Fsp3) is 0.130. The molecular formula is C23H20BrNO3. The van der Waals surface area contributed by atoms with E-state index in [-0.39, 0.29) is 12.3 Å². The van der Waals surface area contributed by atoms with Crippen LogP contribution in [0, 0.1) is 0 Å². The summed E-state index contributed by atoms with van der Waals surface area (Å²) in [6, 6.07) is 25.7. The van der Waals surface area contributed by atoms with Gasteiger partial charge in [-0.2, -0.15) is 0 Å². The van der Waals surface area contributed by atoms with E-state index in [9.17, 15) is 9.59 Å². The molecule has 1 atom stereocenters. The lowest BCUT2D eigenvalue weighted by Crippen LogP contribution is -2.54. The highest BCUT2D eigenvalue weighted by molar-refractivity contribution is 9.10. The molecule has 4 nitrogen and oxygen atoms in total. The zero-order valence-corrected chi connectivity index (χ0v) is 17.0. The van der Waals surface area contributed by atoms with Crippen molar-refractivity contribution in [2.45, 2.75) is 12.0 Å². The van der Waals surface area contributed by atoms with Gasteiger partial charge in [0.2, 0.25) is 0 Å². The zero-order valence-electron chi connectivity index (χ0n) is 15.4. The third-order valence-electron chi connectivity index (χ3n) is 4.55. The Bertz CT molecular complexity index is 943. The second-order valence-electron chi connectivity index (χ2n) is 6.39. The normalized spacial score (nSPS) is 12.6. The molecule has 3 rings (SSSR count). The summed E-state index contributed by atoms with van der Waals surface area (Å²) >= 11 is 3.42. The van der Waals surface area contributed by atoms with Gasteiger partial charge in [0, 0.05) is 16.5 Å². The van der Waals surface area contributed by atoms with Crippen molar-refractivity contribution in [3.05, 3.63) is 106 Å². The molecule has 3 aromatic rings. The monoisotopic (exact) mass is 437 g/mol. The molecule has 28 heavy (non-hydrogen) atoms. The smallest absolute Gasteiger partial charge is 0.336 e. The Morgan fingerprint density at radius 3 is 2.04 bits per heavy atom. The molecule has 0 bridgehead atoms. The summed E-state index contributed by atoms with van der Waals surface area (Å²) < 4.78 is 6.02. The molecule has 0 aliphatic carbocycles. The molecule has 5 heteroatoms. The fourth-order valence-corrected chi connectivity index (χ4v) is 3.39. The summed E-state index contributed by atoms with van der Waals surface area (Å²) in [7, 11) is 1.33. The summed E-state index contributed by atoms with van der Waals surface area (Å²) in [5.74, 6) is -0.868. The highest BCUT2D eigenvalue weighted by atomic mass is 79.9. The van der Waals surface area contributed by atoms with Gasteiger partial charge in [-0.3, -0.25) is 4.79 Å². The molecule has 0 aromatic heterocycles. The van der Waals surface area contributed by atoms with Crippen molar-refractivity contribution in [2.24, 2.45) is 0 Å². The Morgan fingerprint density at radius 1 is 0.893 bits per heavy atom. The lowest BCUT2D eigenvalue weighted by Gasteiger charge is -2.33. The molecule has 0 radical (unpaired) electrons. The van der Waals surface area contributed by atoms with Crippen molar-refractivity contribution < 1.29 is 14.3 Å². The largest absolute Gasteiger partial charge is 0.467 e. The summed E-state index contributed by atoms with van der Waals surface area (Å²) in [5, 5.41) is 2.95. The van der Waals surface area contributed by atoms with E-state index < -0.39 is 11.5 Å². The van der Waals surface area contributed by atoms with Gasteiger partial charge in [0.05, 0.1) is 7.11 Å². The molecule has 0 saturated heterocycles. The number of carbonyl (C=O) groups is 2. The van der Waals surface area contributed by atoms with Crippen LogP contribution in [0.3, 0.4) is 0 Å². The number of esters is 1. The molecule has 0 aliphatic heterocycles. The minimum absolute atomic E-state index is 0.265. The van der Waals surface area contributed by atoms with Crippen LogP contribution in [0.5, 0.6) is 0 Å². The minimum atomic E-state index is -1.36. The maximum atomic E-state index is 13.0. The van der Waals surface area contributed by atoms with Gasteiger partial charge in [-0.15, -0.1) is 0 Å². The van der Waals surface area contributed by atoms with E-state index in [1.165, 1.54) is 7.11 Å². The number of hydrogen-bond donors (Lipinski definition) is 1. The summed E-state index contributed by atoms with van der Waals surface area (Å²) in [6.07, 6.45) is 0.265. The van der Waals surface area contributed by atoms with E-state index in [2.05, 4.69) is 21.2 Å². The van der Waals surface area contributed by atoms with E-state index in [1.54, 1.807) is 24.3 Å². The maximum Gasteiger partial charge on any atom is 0.336 e. The molecule has 0 spiro atoms. The zero-order chi connectivity index (χ0) is 20.0. The van der Waals surface area contributed by atoms with Crippen molar-refractivity contribution in [1.29, 1.82) is 0 Å². The number of amides is 1. The Hall–Kier alpha value is -2.92. The molecule has 1 unspecified atom stereocenters. The molecule has 1 N–H and O–H groups in total. The van der Waals surface area contributed by atoms with Crippen LogP contribution in [0.2, 0.25) is 0 Å². The van der Waals surface area contributed by atoms with Gasteiger partial charge in [-0.25, -0.2) is 4.79 Å². The number of carbonyl (C=O) groups excluding carboxylic acids is 2. The van der Waals surface area contributed by atoms with E-state index in [0.29, 0.717) is 11.1 Å². The first-order valence-corrected chi connectivity index (χ1v) is 9.60. The lowest BCUT2D eigenvalue weighted by molar-refractivity contribution is -0.148. The van der Waals surface area contributed by atoms with Crippen LogP contribution in [-0.2, 0) is 21.5 Å². The molecule has 142 valence electrons. The van der Waals surface area contributed by atoms with Crippen molar-refractivity contribution in [3.63, 3.8) is 0 Å². The van der Waals surface area contributed by atoms with Gasteiger partial charge in [0.15, 0.2) is 5.54 Å². The van der Waals surface area contributed by atoms with Crippen LogP contribution in [0.4, 0.5) is 0 Å². The summed E-state index contributed by atoms with van der Waals surface area (Å²) in [6.45, 7) is 0. The Balaban J connectivity index is 2.10. The topological polar surface area (TPSA) is 55.4 Å². The number of halogens is 1. The van der Waals surface area contributed by atoms with Crippen LogP contribution in [-0.4, -0.2) is 19.0 Å². The van der Waals surface area contributed by atoms with Crippen LogP contribution in [0.15, 0.2) is 89.4 Å². The van der Waals surface area contributed by atoms with Crippen LogP contribution < -0.4 is 5.32 Å². The number of rotatable bonds is 6. The molecule has 3 aromatic carbocycles. The van der Waals surface area contributed by atoms with Crippen LogP contribution in [0.1, 0.15) is 21.5 Å². The Labute approximate surface area is 172 Å². The van der Waals surface area contributed by atoms with Gasteiger partial charge in [0.1, 0.15) is 0 Å². The average molecular weight is 438 g/mol. The van der Waals surface area contributed by atoms with Crippen molar-refractivity contribution >= 4 is 27.8 Å². The highest BCUT2D eigenvalue weighted by Crippen LogP contribution is 2.29. The second kappa shape index (κ2) is 8.85. The van der Waals surface area contributed by atoms with Gasteiger partial charge in [-0.05, 0) is 35.4 Å². The molecule has 1 amide bonds. The first-order chi connectivity index (χ1) is 13.5. The fourth-order valence-electron chi connectivity index (χ4n) is 3.13. The average Bonchev–Trinajstić information content (AvgIpc) is 2.74. The minimum Gasteiger partial charge on any atom is -0.467 e. The van der Waals surface area contributed by atoms with E-state index in [1.807, 2.05) is 60.7 Å². The van der Waals surface area contributed by atoms with Crippen molar-refractivity contribution in [1.82, 2.24) is 5.32 Å². The SMILES string of the molecule is COC(=O)C(Cc1ccccc1)(NC(=O)c1ccccc1)c1ccc(Br)cc1. The lowest BCUT2D eigenvalue weighted by atomic mass is 9.83. The first kappa shape index (κ1) is 19.8. The third-order valence-corrected chi connectivity index (χ3v) is 5.07. The number of methoxy groups -OCH3 is 1. The predicted octanol–water partition coefficient (Wildman–Crippen LogP) is 4.49. The Morgan fingerprint density at radius 2 is 1.46 bits per heavy atom. The third kappa shape index (κ3) is 4.31. The van der Waals surface area contributed by atoms with Crippen molar-refractivity contribution in [2.75, 3.05) is 7.11 Å². The molecule has 0 aliphatic rings. The van der Waals surface area contributed by atoms with E-state index in [4.69, 9.17) is 4.74 Å². The van der Waals surface area contributed by atoms with Crippen LogP contribution >= 0.6 is 15.9 Å². The number of ether oxygens (including phenoxy) is 1. The number of hydrogen-bond acceptors (Lipinski definition) is 3. The predicted molar refractivity (Wildman–Crippen MR) is 112 cm³/mol. The molecule has 0 fully saturated rings. The quantitative estimate of drug-likeness (QED) is 0.577. The molecular weight excluding hydrogens is 418 g/mol.